The smallest absolute Gasteiger partial charge is 0.271 e. The van der Waals surface area contributed by atoms with Crippen LogP contribution in [0.5, 0.6) is 0 Å². The van der Waals surface area contributed by atoms with Gasteiger partial charge in [-0.15, -0.1) is 11.3 Å². The molecule has 104 valence electrons. The lowest BCUT2D eigenvalue weighted by Gasteiger charge is -2.01. The lowest BCUT2D eigenvalue weighted by Crippen LogP contribution is -1.92. The number of nitrogens with zero attached hydrogens (tertiary/aromatic N) is 3. The maximum absolute atomic E-state index is 10.8. The molecule has 0 aliphatic heterocycles. The van der Waals surface area contributed by atoms with E-state index in [1.165, 1.54) is 23.5 Å². The molecule has 0 unspecified atom stereocenters. The summed E-state index contributed by atoms with van der Waals surface area (Å²) in [7, 11) is 0. The van der Waals surface area contributed by atoms with Gasteiger partial charge in [0.2, 0.25) is 0 Å². The first kappa shape index (κ1) is 13.2. The number of anilines is 2. The van der Waals surface area contributed by atoms with Gasteiger partial charge in [-0.05, 0) is 18.2 Å². The van der Waals surface area contributed by atoms with Gasteiger partial charge in [-0.1, -0.05) is 6.07 Å². The summed E-state index contributed by atoms with van der Waals surface area (Å²) in [5.74, 6) is 0. The highest BCUT2D eigenvalue weighted by Crippen LogP contribution is 2.27. The fourth-order valence-corrected chi connectivity index (χ4v) is 2.54. The first-order valence-electron chi connectivity index (χ1n) is 6.10. The molecule has 6 nitrogen and oxygen atoms in total. The van der Waals surface area contributed by atoms with Crippen LogP contribution in [0.2, 0.25) is 0 Å². The molecule has 0 saturated heterocycles. The number of pyridine rings is 1. The fourth-order valence-electron chi connectivity index (χ4n) is 1.80. The maximum Gasteiger partial charge on any atom is 0.271 e. The molecular weight excluding hydrogens is 288 g/mol. The third-order valence-electron chi connectivity index (χ3n) is 2.77. The van der Waals surface area contributed by atoms with Gasteiger partial charge < -0.3 is 5.32 Å². The molecule has 2 aromatic heterocycles. The minimum Gasteiger partial charge on any atom is -0.331 e. The maximum atomic E-state index is 10.8. The normalized spacial score (nSPS) is 10.3. The molecule has 0 spiro atoms. The number of nitro benzene ring substituents is 1. The molecule has 1 N–H and O–H groups in total. The second kappa shape index (κ2) is 5.68. The van der Waals surface area contributed by atoms with Crippen LogP contribution in [-0.4, -0.2) is 14.9 Å². The number of thiazole rings is 1. The summed E-state index contributed by atoms with van der Waals surface area (Å²) in [5.41, 5.74) is 2.43. The SMILES string of the molecule is O=[N+]([O-])c1cccc(Nc2nc(-c3cccnc3)cs2)c1. The number of non-ortho nitro benzene ring substituents is 1. The third kappa shape index (κ3) is 3.03. The van der Waals surface area contributed by atoms with Gasteiger partial charge in [0.25, 0.3) is 5.69 Å². The number of rotatable bonds is 4. The summed E-state index contributed by atoms with van der Waals surface area (Å²) in [6.45, 7) is 0. The van der Waals surface area contributed by atoms with E-state index >= 15 is 0 Å². The molecule has 0 bridgehead atoms. The Bertz CT molecular complexity index is 773. The van der Waals surface area contributed by atoms with E-state index in [9.17, 15) is 10.1 Å². The van der Waals surface area contributed by atoms with E-state index in [1.54, 1.807) is 24.5 Å². The number of hydrogen-bond donors (Lipinski definition) is 1. The van der Waals surface area contributed by atoms with Gasteiger partial charge in [0.1, 0.15) is 0 Å². The predicted molar refractivity (Wildman–Crippen MR) is 81.7 cm³/mol. The van der Waals surface area contributed by atoms with Gasteiger partial charge in [-0.25, -0.2) is 4.98 Å². The molecule has 7 heteroatoms. The zero-order chi connectivity index (χ0) is 14.7. The first-order chi connectivity index (χ1) is 10.2. The summed E-state index contributed by atoms with van der Waals surface area (Å²) >= 11 is 1.43. The van der Waals surface area contributed by atoms with Crippen LogP contribution in [0.1, 0.15) is 0 Å². The van der Waals surface area contributed by atoms with Crippen molar-refractivity contribution in [3.8, 4) is 11.3 Å². The molecule has 0 aliphatic carbocycles. The molecule has 1 aromatic carbocycles. The van der Waals surface area contributed by atoms with Gasteiger partial charge in [-0.2, -0.15) is 0 Å². The Labute approximate surface area is 124 Å². The molecule has 3 aromatic rings. The van der Waals surface area contributed by atoms with Crippen molar-refractivity contribution in [2.24, 2.45) is 0 Å². The summed E-state index contributed by atoms with van der Waals surface area (Å²) < 4.78 is 0. The Morgan fingerprint density at radius 1 is 1.24 bits per heavy atom. The quantitative estimate of drug-likeness (QED) is 0.584. The molecule has 0 fully saturated rings. The number of hydrogen-bond acceptors (Lipinski definition) is 6. The average Bonchev–Trinajstić information content (AvgIpc) is 2.97. The first-order valence-corrected chi connectivity index (χ1v) is 6.98. The van der Waals surface area contributed by atoms with E-state index in [4.69, 9.17) is 0 Å². The highest BCUT2D eigenvalue weighted by atomic mass is 32.1. The van der Waals surface area contributed by atoms with Crippen LogP contribution >= 0.6 is 11.3 Å². The molecule has 0 aliphatic rings. The van der Waals surface area contributed by atoms with Crippen LogP contribution in [0, 0.1) is 10.1 Å². The van der Waals surface area contributed by atoms with Gasteiger partial charge in [0.05, 0.1) is 10.6 Å². The standard InChI is InChI=1S/C14H10N4O2S/c19-18(20)12-5-1-4-11(7-12)16-14-17-13(9-21-14)10-3-2-6-15-8-10/h1-9H,(H,16,17). The number of nitro groups is 1. The predicted octanol–water partition coefficient (Wildman–Crippen LogP) is 3.86. The van der Waals surface area contributed by atoms with Gasteiger partial charge >= 0.3 is 0 Å². The Morgan fingerprint density at radius 3 is 2.90 bits per heavy atom. The van der Waals surface area contributed by atoms with Crippen molar-refractivity contribution in [2.45, 2.75) is 0 Å². The van der Waals surface area contributed by atoms with E-state index in [-0.39, 0.29) is 5.69 Å². The van der Waals surface area contributed by atoms with Crippen molar-refractivity contribution in [1.29, 1.82) is 0 Å². The second-order valence-electron chi connectivity index (χ2n) is 4.21. The van der Waals surface area contributed by atoms with E-state index < -0.39 is 4.92 Å². The Balaban J connectivity index is 1.82. The van der Waals surface area contributed by atoms with E-state index in [0.29, 0.717) is 10.8 Å². The van der Waals surface area contributed by atoms with E-state index in [1.807, 2.05) is 17.5 Å². The molecule has 0 atom stereocenters. The number of benzene rings is 1. The number of nitrogens with one attached hydrogen (secondary N) is 1. The molecular formula is C14H10N4O2S. The van der Waals surface area contributed by atoms with Crippen molar-refractivity contribution >= 4 is 27.8 Å². The summed E-state index contributed by atoms with van der Waals surface area (Å²) in [6.07, 6.45) is 3.45. The van der Waals surface area contributed by atoms with Crippen LogP contribution in [-0.2, 0) is 0 Å². The highest BCUT2D eigenvalue weighted by molar-refractivity contribution is 7.14. The minimum atomic E-state index is -0.423. The molecule has 0 amide bonds. The van der Waals surface area contributed by atoms with Crippen LogP contribution in [0.3, 0.4) is 0 Å². The van der Waals surface area contributed by atoms with Crippen LogP contribution in [0.15, 0.2) is 54.2 Å². The Hall–Kier alpha value is -2.80. The summed E-state index contributed by atoms with van der Waals surface area (Å²) in [6, 6.07) is 10.1. The third-order valence-corrected chi connectivity index (χ3v) is 3.53. The van der Waals surface area contributed by atoms with Crippen LogP contribution in [0.25, 0.3) is 11.3 Å². The van der Waals surface area contributed by atoms with Crippen molar-refractivity contribution in [3.05, 3.63) is 64.3 Å². The Morgan fingerprint density at radius 2 is 2.14 bits per heavy atom. The van der Waals surface area contributed by atoms with Crippen LogP contribution < -0.4 is 5.32 Å². The zero-order valence-electron chi connectivity index (χ0n) is 10.8. The van der Waals surface area contributed by atoms with Gasteiger partial charge in [0.15, 0.2) is 5.13 Å². The zero-order valence-corrected chi connectivity index (χ0v) is 11.6. The molecule has 2 heterocycles. The summed E-state index contributed by atoms with van der Waals surface area (Å²) in [4.78, 5) is 18.8. The molecule has 21 heavy (non-hydrogen) atoms. The van der Waals surface area contributed by atoms with Crippen molar-refractivity contribution in [1.82, 2.24) is 9.97 Å². The van der Waals surface area contributed by atoms with E-state index in [2.05, 4.69) is 15.3 Å². The number of aromatic nitrogens is 2. The monoisotopic (exact) mass is 298 g/mol. The Kier molecular flexibility index (Phi) is 3.57. The van der Waals surface area contributed by atoms with Crippen LogP contribution in [0.4, 0.5) is 16.5 Å². The van der Waals surface area contributed by atoms with Gasteiger partial charge in [0, 0.05) is 41.2 Å². The topological polar surface area (TPSA) is 81.0 Å². The van der Waals surface area contributed by atoms with Crippen molar-refractivity contribution < 1.29 is 4.92 Å². The molecule has 0 radical (unpaired) electrons. The second-order valence-corrected chi connectivity index (χ2v) is 5.07. The fraction of sp³-hybridized carbons (Fsp3) is 0. The highest BCUT2D eigenvalue weighted by Gasteiger charge is 2.08. The average molecular weight is 298 g/mol. The lowest BCUT2D eigenvalue weighted by molar-refractivity contribution is -0.384. The molecule has 0 saturated carbocycles. The minimum absolute atomic E-state index is 0.0454. The summed E-state index contributed by atoms with van der Waals surface area (Å²) in [5, 5.41) is 16.4. The largest absolute Gasteiger partial charge is 0.331 e. The molecule has 3 rings (SSSR count). The lowest BCUT2D eigenvalue weighted by atomic mass is 10.2. The van der Waals surface area contributed by atoms with Crippen molar-refractivity contribution in [3.63, 3.8) is 0 Å². The van der Waals surface area contributed by atoms with Crippen molar-refractivity contribution in [2.75, 3.05) is 5.32 Å². The van der Waals surface area contributed by atoms with E-state index in [0.717, 1.165) is 11.3 Å². The van der Waals surface area contributed by atoms with Gasteiger partial charge in [-0.3, -0.25) is 15.1 Å².